The Morgan fingerprint density at radius 3 is 1.74 bits per heavy atom. The molecule has 0 aliphatic heterocycles. The lowest BCUT2D eigenvalue weighted by Crippen LogP contribution is -2.63. The van der Waals surface area contributed by atoms with Gasteiger partial charge < -0.3 is 9.64 Å². The minimum atomic E-state index is -4.95. The summed E-state index contributed by atoms with van der Waals surface area (Å²) in [6, 6.07) is 0. The minimum absolute atomic E-state index is 0.0563. The molecule has 2 nitrogen and oxygen atoms in total. The van der Waals surface area contributed by atoms with Gasteiger partial charge >= 0.3 is 16.4 Å². The van der Waals surface area contributed by atoms with Crippen molar-refractivity contribution in [1.82, 2.24) is 4.90 Å². The van der Waals surface area contributed by atoms with Gasteiger partial charge in [0.1, 0.15) is 5.60 Å². The molecule has 0 spiro atoms. The highest BCUT2D eigenvalue weighted by atomic mass is 35.5. The fraction of sp³-hybridized carbons (Fsp3) is 1.00. The molecule has 9 heteroatoms. The molecular weight excluding hydrogens is 316 g/mol. The second kappa shape index (κ2) is 5.87. The van der Waals surface area contributed by atoms with E-state index < -0.39 is 28.5 Å². The molecule has 0 fully saturated rings. The second-order valence-corrected chi connectivity index (χ2v) is 5.63. The zero-order chi connectivity index (χ0) is 15.7. The van der Waals surface area contributed by atoms with Crippen LogP contribution in [-0.4, -0.2) is 54.7 Å². The molecule has 0 heterocycles. The molecule has 0 saturated heterocycles. The summed E-state index contributed by atoms with van der Waals surface area (Å²) >= 11 is 9.04. The van der Waals surface area contributed by atoms with Crippen molar-refractivity contribution in [2.45, 2.75) is 35.4 Å². The van der Waals surface area contributed by atoms with Crippen molar-refractivity contribution in [3.05, 3.63) is 0 Å². The third kappa shape index (κ3) is 3.62. The summed E-state index contributed by atoms with van der Waals surface area (Å²) < 4.78 is 71.7. The van der Waals surface area contributed by atoms with Gasteiger partial charge in [-0.25, -0.2) is 4.39 Å². The molecule has 0 amide bonds. The lowest BCUT2D eigenvalue weighted by molar-refractivity contribution is -0.264. The van der Waals surface area contributed by atoms with E-state index >= 15 is 0 Å². The van der Waals surface area contributed by atoms with Gasteiger partial charge in [0, 0.05) is 13.7 Å². The number of nitrogens with zero attached hydrogens (tertiary/aromatic N) is 1. The Labute approximate surface area is 118 Å². The van der Waals surface area contributed by atoms with Crippen LogP contribution >= 0.6 is 23.2 Å². The molecule has 0 bridgehead atoms. The molecule has 0 saturated carbocycles. The molecule has 0 rings (SSSR count). The number of methoxy groups -OCH3 is 1. The summed E-state index contributed by atoms with van der Waals surface area (Å²) in [6.07, 6.45) is -0.422. The Kier molecular flexibility index (Phi) is 5.92. The normalized spacial score (nSPS) is 20.2. The third-order valence-corrected chi connectivity index (χ3v) is 3.73. The molecule has 19 heavy (non-hydrogen) atoms. The van der Waals surface area contributed by atoms with Crippen molar-refractivity contribution < 1.29 is 26.7 Å². The van der Waals surface area contributed by atoms with Gasteiger partial charge in [0.2, 0.25) is 0 Å². The van der Waals surface area contributed by atoms with Crippen LogP contribution in [0.1, 0.15) is 13.3 Å². The Morgan fingerprint density at radius 2 is 1.47 bits per heavy atom. The summed E-state index contributed by atoms with van der Waals surface area (Å²) in [4.78, 5) is 1.51. The van der Waals surface area contributed by atoms with Gasteiger partial charge in [-0.2, -0.15) is 17.6 Å². The van der Waals surface area contributed by atoms with Gasteiger partial charge in [0.05, 0.1) is 0 Å². The van der Waals surface area contributed by atoms with Crippen molar-refractivity contribution in [1.29, 1.82) is 0 Å². The summed E-state index contributed by atoms with van der Waals surface area (Å²) in [7, 11) is 4.02. The first-order valence-corrected chi connectivity index (χ1v) is 6.01. The molecule has 116 valence electrons. The van der Waals surface area contributed by atoms with Gasteiger partial charge in [-0.3, -0.25) is 0 Å². The minimum Gasteiger partial charge on any atom is -0.372 e. The van der Waals surface area contributed by atoms with Crippen molar-refractivity contribution in [2.75, 3.05) is 27.7 Å². The van der Waals surface area contributed by atoms with E-state index in [0.717, 1.165) is 14.0 Å². The van der Waals surface area contributed by atoms with E-state index in [0.29, 0.717) is 0 Å². The highest BCUT2D eigenvalue weighted by molar-refractivity contribution is 6.33. The summed E-state index contributed by atoms with van der Waals surface area (Å²) in [5, 5.41) is -9.71. The average Bonchev–Trinajstić information content (AvgIpc) is 2.23. The van der Waals surface area contributed by atoms with Crippen molar-refractivity contribution >= 4 is 23.2 Å². The molecular formula is C10H16Cl2F5NO. The molecule has 0 N–H and O–H groups in total. The lowest BCUT2D eigenvalue weighted by Gasteiger charge is -2.42. The summed E-state index contributed by atoms with van der Waals surface area (Å²) in [5.74, 6) is -4.71. The van der Waals surface area contributed by atoms with Gasteiger partial charge in [-0.1, -0.05) is 11.6 Å². The van der Waals surface area contributed by atoms with E-state index in [1.165, 1.54) is 4.90 Å². The van der Waals surface area contributed by atoms with Gasteiger partial charge in [-0.05, 0) is 39.0 Å². The topological polar surface area (TPSA) is 12.5 Å². The molecule has 2 unspecified atom stereocenters. The van der Waals surface area contributed by atoms with E-state index in [4.69, 9.17) is 11.6 Å². The van der Waals surface area contributed by atoms with Crippen LogP contribution < -0.4 is 0 Å². The van der Waals surface area contributed by atoms with Gasteiger partial charge in [-0.15, -0.1) is 0 Å². The smallest absolute Gasteiger partial charge is 0.372 e. The van der Waals surface area contributed by atoms with Crippen LogP contribution in [0.2, 0.25) is 0 Å². The van der Waals surface area contributed by atoms with Gasteiger partial charge in [0.15, 0.2) is 0 Å². The monoisotopic (exact) mass is 331 g/mol. The first-order chi connectivity index (χ1) is 8.23. The highest BCUT2D eigenvalue weighted by Crippen LogP contribution is 2.55. The molecule has 2 atom stereocenters. The Bertz CT molecular complexity index is 309. The molecule has 0 aromatic rings. The van der Waals surface area contributed by atoms with Crippen LogP contribution in [0.4, 0.5) is 22.0 Å². The van der Waals surface area contributed by atoms with E-state index in [1.807, 2.05) is 0 Å². The van der Waals surface area contributed by atoms with Crippen LogP contribution in [0, 0.1) is 0 Å². The number of ether oxygens (including phenoxy) is 1. The van der Waals surface area contributed by atoms with Crippen molar-refractivity contribution in [2.24, 2.45) is 0 Å². The summed E-state index contributed by atoms with van der Waals surface area (Å²) in [5.41, 5.74) is -2.54. The van der Waals surface area contributed by atoms with Crippen LogP contribution in [0.25, 0.3) is 0 Å². The van der Waals surface area contributed by atoms with E-state index in [2.05, 4.69) is 16.3 Å². The average molecular weight is 332 g/mol. The number of rotatable bonds is 7. The van der Waals surface area contributed by atoms with E-state index in [-0.39, 0.29) is 6.54 Å². The number of halogens is 7. The Morgan fingerprint density at radius 1 is 1.05 bits per heavy atom. The van der Waals surface area contributed by atoms with Crippen LogP contribution in [-0.2, 0) is 4.74 Å². The van der Waals surface area contributed by atoms with Crippen LogP contribution in [0.5, 0.6) is 0 Å². The van der Waals surface area contributed by atoms with Crippen molar-refractivity contribution in [3.8, 4) is 0 Å². The molecule has 0 aromatic heterocycles. The highest BCUT2D eigenvalue weighted by Gasteiger charge is 2.75. The SMILES string of the molecule is COC(C)(CCN(C)C)C(F)(F)C(F)(Cl)C(F)(F)Cl. The largest absolute Gasteiger partial charge is 0.375 e. The molecule has 0 aliphatic rings. The predicted octanol–water partition coefficient (Wildman–Crippen LogP) is 3.71. The fourth-order valence-electron chi connectivity index (χ4n) is 1.33. The van der Waals surface area contributed by atoms with Crippen molar-refractivity contribution in [3.63, 3.8) is 0 Å². The second-order valence-electron chi connectivity index (χ2n) is 4.63. The molecule has 0 aromatic carbocycles. The Balaban J connectivity index is 5.44. The molecule has 0 aliphatic carbocycles. The quantitative estimate of drug-likeness (QED) is 0.521. The molecule has 0 radical (unpaired) electrons. The predicted molar refractivity (Wildman–Crippen MR) is 64.0 cm³/mol. The fourth-order valence-corrected chi connectivity index (χ4v) is 1.65. The van der Waals surface area contributed by atoms with E-state index in [9.17, 15) is 22.0 Å². The third-order valence-electron chi connectivity index (χ3n) is 2.90. The maximum absolute atomic E-state index is 14.0. The number of alkyl halides is 7. The zero-order valence-corrected chi connectivity index (χ0v) is 12.4. The zero-order valence-electron chi connectivity index (χ0n) is 10.9. The van der Waals surface area contributed by atoms with Crippen LogP contribution in [0.15, 0.2) is 0 Å². The Hall–Kier alpha value is 0.150. The standard InChI is InChI=1S/C10H16Cl2F5NO/c1-7(19-4,5-6-18(2)3)9(14,15)8(11,13)10(12,16)17/h5-6H2,1-4H3. The lowest BCUT2D eigenvalue weighted by atomic mass is 9.89. The summed E-state index contributed by atoms with van der Waals surface area (Å²) in [6.45, 7) is 0.858. The van der Waals surface area contributed by atoms with E-state index in [1.54, 1.807) is 14.1 Å². The van der Waals surface area contributed by atoms with Gasteiger partial charge in [0.25, 0.3) is 0 Å². The maximum atomic E-state index is 14.0. The number of hydrogen-bond donors (Lipinski definition) is 0. The van der Waals surface area contributed by atoms with Crippen LogP contribution in [0.3, 0.4) is 0 Å². The number of hydrogen-bond acceptors (Lipinski definition) is 2. The first-order valence-electron chi connectivity index (χ1n) is 5.25. The maximum Gasteiger partial charge on any atom is 0.375 e. The first kappa shape index (κ1) is 19.1.